The zero-order valence-corrected chi connectivity index (χ0v) is 18.3. The minimum atomic E-state index is -0.267. The SMILES string of the molecule is CCCCCCCCCC=CC=CC=CC=CC=CC(=O)OCCCCCC. The summed E-state index contributed by atoms with van der Waals surface area (Å²) in [6.07, 6.45) is 34.4. The molecule has 0 saturated heterocycles. The van der Waals surface area contributed by atoms with Gasteiger partial charge in [0.15, 0.2) is 0 Å². The van der Waals surface area contributed by atoms with Crippen molar-refractivity contribution in [2.24, 2.45) is 0 Å². The molecule has 0 rings (SSSR count). The van der Waals surface area contributed by atoms with Crippen LogP contribution in [0, 0.1) is 0 Å². The zero-order chi connectivity index (χ0) is 20.5. The van der Waals surface area contributed by atoms with Gasteiger partial charge in [0.2, 0.25) is 0 Å². The molecular formula is C26H42O2. The molecule has 0 aliphatic carbocycles. The Bertz CT molecular complexity index is 481. The van der Waals surface area contributed by atoms with Crippen molar-refractivity contribution in [1.29, 1.82) is 0 Å². The van der Waals surface area contributed by atoms with Gasteiger partial charge in [0.25, 0.3) is 0 Å². The second kappa shape index (κ2) is 23.2. The lowest BCUT2D eigenvalue weighted by atomic mass is 10.1. The molecule has 0 atom stereocenters. The van der Waals surface area contributed by atoms with Gasteiger partial charge in [-0.2, -0.15) is 0 Å². The van der Waals surface area contributed by atoms with E-state index in [4.69, 9.17) is 4.74 Å². The van der Waals surface area contributed by atoms with E-state index >= 15 is 0 Å². The lowest BCUT2D eigenvalue weighted by Gasteiger charge is -2.00. The molecule has 0 saturated carbocycles. The number of ether oxygens (including phenoxy) is 1. The van der Waals surface area contributed by atoms with Crippen LogP contribution in [0.3, 0.4) is 0 Å². The molecule has 0 fully saturated rings. The molecule has 2 heteroatoms. The smallest absolute Gasteiger partial charge is 0.330 e. The minimum absolute atomic E-state index is 0.267. The van der Waals surface area contributed by atoms with Crippen molar-refractivity contribution in [2.45, 2.75) is 90.9 Å². The molecule has 0 unspecified atom stereocenters. The Kier molecular flexibility index (Phi) is 21.7. The second-order valence-corrected chi connectivity index (χ2v) is 7.08. The maximum absolute atomic E-state index is 11.5. The van der Waals surface area contributed by atoms with E-state index in [2.05, 4.69) is 32.1 Å². The van der Waals surface area contributed by atoms with E-state index in [1.165, 1.54) is 70.3 Å². The van der Waals surface area contributed by atoms with E-state index in [0.717, 1.165) is 12.8 Å². The van der Waals surface area contributed by atoms with Crippen molar-refractivity contribution in [3.05, 3.63) is 60.8 Å². The average molecular weight is 387 g/mol. The third-order valence-corrected chi connectivity index (χ3v) is 4.36. The van der Waals surface area contributed by atoms with Gasteiger partial charge >= 0.3 is 5.97 Å². The van der Waals surface area contributed by atoms with Gasteiger partial charge in [-0.1, -0.05) is 126 Å². The summed E-state index contributed by atoms with van der Waals surface area (Å²) in [6, 6.07) is 0. The Labute approximate surface area is 174 Å². The third kappa shape index (κ3) is 22.2. The van der Waals surface area contributed by atoms with Crippen LogP contribution in [0.15, 0.2) is 60.8 Å². The van der Waals surface area contributed by atoms with Gasteiger partial charge in [-0.05, 0) is 19.3 Å². The summed E-state index contributed by atoms with van der Waals surface area (Å²) in [5.74, 6) is -0.267. The Balaban J connectivity index is 3.61. The number of rotatable bonds is 18. The minimum Gasteiger partial charge on any atom is -0.463 e. The molecule has 0 radical (unpaired) electrons. The van der Waals surface area contributed by atoms with Gasteiger partial charge in [-0.3, -0.25) is 0 Å². The Morgan fingerprint density at radius 2 is 1.11 bits per heavy atom. The molecule has 0 aromatic carbocycles. The maximum Gasteiger partial charge on any atom is 0.330 e. The average Bonchev–Trinajstić information content (AvgIpc) is 2.70. The predicted molar refractivity (Wildman–Crippen MR) is 123 cm³/mol. The lowest BCUT2D eigenvalue weighted by Crippen LogP contribution is -2.01. The Hall–Kier alpha value is -1.83. The first-order valence-corrected chi connectivity index (χ1v) is 11.3. The highest BCUT2D eigenvalue weighted by molar-refractivity contribution is 5.82. The summed E-state index contributed by atoms with van der Waals surface area (Å²) in [7, 11) is 0. The van der Waals surface area contributed by atoms with E-state index in [-0.39, 0.29) is 5.97 Å². The van der Waals surface area contributed by atoms with E-state index in [9.17, 15) is 4.79 Å². The molecule has 0 spiro atoms. The van der Waals surface area contributed by atoms with Crippen LogP contribution in [0.1, 0.15) is 90.9 Å². The number of carbonyl (C=O) groups excluding carboxylic acids is 1. The van der Waals surface area contributed by atoms with E-state index in [1.807, 2.05) is 30.4 Å². The molecule has 28 heavy (non-hydrogen) atoms. The molecule has 0 heterocycles. The number of hydrogen-bond acceptors (Lipinski definition) is 2. The van der Waals surface area contributed by atoms with Gasteiger partial charge in [0, 0.05) is 6.08 Å². The third-order valence-electron chi connectivity index (χ3n) is 4.36. The molecule has 0 N–H and O–H groups in total. The first kappa shape index (κ1) is 26.2. The Morgan fingerprint density at radius 1 is 0.607 bits per heavy atom. The van der Waals surface area contributed by atoms with Gasteiger partial charge < -0.3 is 4.74 Å². The summed E-state index contributed by atoms with van der Waals surface area (Å²) in [5.41, 5.74) is 0. The van der Waals surface area contributed by atoms with Gasteiger partial charge in [0.05, 0.1) is 6.61 Å². The van der Waals surface area contributed by atoms with Crippen LogP contribution in [0.4, 0.5) is 0 Å². The standard InChI is InChI=1S/C26H42O2/c1-3-5-7-9-10-11-12-13-14-15-16-17-18-19-20-21-22-24-26(27)28-25-23-8-6-4-2/h14-22,24H,3-13,23,25H2,1-2H3. The number of unbranched alkanes of at least 4 members (excludes halogenated alkanes) is 10. The first-order valence-electron chi connectivity index (χ1n) is 11.3. The summed E-state index contributed by atoms with van der Waals surface area (Å²) in [5, 5.41) is 0. The number of esters is 1. The van der Waals surface area contributed by atoms with Crippen LogP contribution in [0.5, 0.6) is 0 Å². The monoisotopic (exact) mass is 386 g/mol. The molecule has 0 aromatic rings. The molecular weight excluding hydrogens is 344 g/mol. The van der Waals surface area contributed by atoms with E-state index in [0.29, 0.717) is 6.61 Å². The number of carbonyl (C=O) groups is 1. The van der Waals surface area contributed by atoms with Crippen molar-refractivity contribution >= 4 is 5.97 Å². The summed E-state index contributed by atoms with van der Waals surface area (Å²) in [4.78, 5) is 11.5. The largest absolute Gasteiger partial charge is 0.463 e. The molecule has 2 nitrogen and oxygen atoms in total. The second-order valence-electron chi connectivity index (χ2n) is 7.08. The highest BCUT2D eigenvalue weighted by atomic mass is 16.5. The van der Waals surface area contributed by atoms with Crippen molar-refractivity contribution in [2.75, 3.05) is 6.61 Å². The number of hydrogen-bond donors (Lipinski definition) is 0. The van der Waals surface area contributed by atoms with Crippen LogP contribution in [-0.4, -0.2) is 12.6 Å². The highest BCUT2D eigenvalue weighted by Crippen LogP contribution is 2.08. The van der Waals surface area contributed by atoms with Crippen molar-refractivity contribution in [1.82, 2.24) is 0 Å². The van der Waals surface area contributed by atoms with Gasteiger partial charge in [-0.25, -0.2) is 4.79 Å². The molecule has 0 aliphatic heterocycles. The van der Waals surface area contributed by atoms with E-state index < -0.39 is 0 Å². The highest BCUT2D eigenvalue weighted by Gasteiger charge is 1.95. The summed E-state index contributed by atoms with van der Waals surface area (Å²) >= 11 is 0. The summed E-state index contributed by atoms with van der Waals surface area (Å²) in [6.45, 7) is 4.94. The summed E-state index contributed by atoms with van der Waals surface area (Å²) < 4.78 is 5.12. The number of allylic oxidation sites excluding steroid dienone is 9. The molecule has 0 bridgehead atoms. The quantitative estimate of drug-likeness (QED) is 0.103. The van der Waals surface area contributed by atoms with Crippen LogP contribution in [0.25, 0.3) is 0 Å². The molecule has 0 amide bonds. The maximum atomic E-state index is 11.5. The Morgan fingerprint density at radius 3 is 1.75 bits per heavy atom. The van der Waals surface area contributed by atoms with Gasteiger partial charge in [-0.15, -0.1) is 0 Å². The fourth-order valence-corrected chi connectivity index (χ4v) is 2.66. The normalized spacial score (nSPS) is 12.5. The van der Waals surface area contributed by atoms with Gasteiger partial charge in [0.1, 0.15) is 0 Å². The predicted octanol–water partition coefficient (Wildman–Crippen LogP) is 8.03. The molecule has 0 aromatic heterocycles. The van der Waals surface area contributed by atoms with Crippen LogP contribution < -0.4 is 0 Å². The fourth-order valence-electron chi connectivity index (χ4n) is 2.66. The molecule has 0 aliphatic rings. The van der Waals surface area contributed by atoms with Crippen molar-refractivity contribution < 1.29 is 9.53 Å². The van der Waals surface area contributed by atoms with Crippen molar-refractivity contribution in [3.8, 4) is 0 Å². The van der Waals surface area contributed by atoms with E-state index in [1.54, 1.807) is 6.08 Å². The molecule has 158 valence electrons. The van der Waals surface area contributed by atoms with Crippen LogP contribution in [-0.2, 0) is 9.53 Å². The first-order chi connectivity index (χ1) is 13.8. The fraction of sp³-hybridized carbons (Fsp3) is 0.577. The van der Waals surface area contributed by atoms with Crippen molar-refractivity contribution in [3.63, 3.8) is 0 Å². The zero-order valence-electron chi connectivity index (χ0n) is 18.3. The topological polar surface area (TPSA) is 26.3 Å². The lowest BCUT2D eigenvalue weighted by molar-refractivity contribution is -0.137. The van der Waals surface area contributed by atoms with Crippen LogP contribution in [0.2, 0.25) is 0 Å². The van der Waals surface area contributed by atoms with Crippen LogP contribution >= 0.6 is 0 Å².